The molecule has 15 heavy (non-hydrogen) atoms. The monoisotopic (exact) mass is 224 g/mol. The van der Waals surface area contributed by atoms with E-state index in [-0.39, 0.29) is 0 Å². The molecule has 2 aromatic heterocycles. The Labute approximate surface area is 91.3 Å². The van der Waals surface area contributed by atoms with Gasteiger partial charge in [-0.3, -0.25) is 0 Å². The molecule has 7 heteroatoms. The Balaban J connectivity index is 2.11. The molecule has 2 N–H and O–H groups in total. The molecule has 0 aliphatic carbocycles. The summed E-state index contributed by atoms with van der Waals surface area (Å²) in [5.41, 5.74) is 6.41. The summed E-state index contributed by atoms with van der Waals surface area (Å²) in [5.74, 6) is 0.429. The smallest absolute Gasteiger partial charge is 0.185 e. The molecule has 0 radical (unpaired) electrons. The van der Waals surface area contributed by atoms with Gasteiger partial charge in [0, 0.05) is 19.5 Å². The summed E-state index contributed by atoms with van der Waals surface area (Å²) < 4.78 is 0. The molecule has 0 saturated carbocycles. The largest absolute Gasteiger partial charge is 0.381 e. The first kappa shape index (κ1) is 9.91. The number of aromatic nitrogens is 4. The van der Waals surface area contributed by atoms with Crippen molar-refractivity contribution in [3.8, 4) is 0 Å². The summed E-state index contributed by atoms with van der Waals surface area (Å²) in [5, 5.41) is 11.0. The molecule has 0 saturated heterocycles. The van der Waals surface area contributed by atoms with Crippen LogP contribution in [0.5, 0.6) is 0 Å². The molecule has 0 fully saturated rings. The lowest BCUT2D eigenvalue weighted by molar-refractivity contribution is 0.585. The van der Waals surface area contributed by atoms with Crippen LogP contribution < -0.4 is 10.6 Å². The molecule has 0 aliphatic rings. The molecule has 0 spiro atoms. The lowest BCUT2D eigenvalue weighted by Gasteiger charge is -2.05. The first-order valence-electron chi connectivity index (χ1n) is 4.42. The highest BCUT2D eigenvalue weighted by Crippen LogP contribution is 2.18. The molecule has 0 atom stereocenters. The Kier molecular flexibility index (Phi) is 2.55. The van der Waals surface area contributed by atoms with Crippen molar-refractivity contribution in [3.63, 3.8) is 0 Å². The first-order chi connectivity index (χ1) is 7.15. The fraction of sp³-hybridized carbons (Fsp3) is 0.375. The second kappa shape index (κ2) is 3.85. The van der Waals surface area contributed by atoms with Gasteiger partial charge in [-0.25, -0.2) is 4.98 Å². The van der Waals surface area contributed by atoms with Gasteiger partial charge in [0.2, 0.25) is 0 Å². The Morgan fingerprint density at radius 2 is 2.33 bits per heavy atom. The maximum absolute atomic E-state index is 5.47. The maximum atomic E-state index is 5.47. The molecule has 0 amide bonds. The van der Waals surface area contributed by atoms with E-state index in [1.807, 2.05) is 24.4 Å². The van der Waals surface area contributed by atoms with Gasteiger partial charge in [-0.05, 0) is 0 Å². The zero-order valence-corrected chi connectivity index (χ0v) is 9.40. The van der Waals surface area contributed by atoms with Crippen LogP contribution in [0.3, 0.4) is 0 Å². The van der Waals surface area contributed by atoms with E-state index in [0.717, 1.165) is 10.8 Å². The van der Waals surface area contributed by atoms with Crippen LogP contribution in [0.4, 0.5) is 10.9 Å². The number of rotatable bonds is 3. The minimum absolute atomic E-state index is 0.429. The summed E-state index contributed by atoms with van der Waals surface area (Å²) in [7, 11) is 3.93. The van der Waals surface area contributed by atoms with E-state index < -0.39 is 0 Å². The van der Waals surface area contributed by atoms with Crippen LogP contribution in [0.15, 0.2) is 11.6 Å². The van der Waals surface area contributed by atoms with Crippen molar-refractivity contribution in [2.45, 2.75) is 6.54 Å². The molecule has 2 rings (SSSR count). The molecule has 2 heterocycles. The highest BCUT2D eigenvalue weighted by Gasteiger charge is 2.05. The van der Waals surface area contributed by atoms with Gasteiger partial charge in [0.15, 0.2) is 10.9 Å². The third-order valence-corrected chi connectivity index (χ3v) is 2.84. The second-order valence-corrected chi connectivity index (χ2v) is 4.15. The summed E-state index contributed by atoms with van der Waals surface area (Å²) in [4.78, 5) is 7.92. The molecule has 2 aromatic rings. The maximum Gasteiger partial charge on any atom is 0.185 e. The highest BCUT2D eigenvalue weighted by atomic mass is 32.1. The van der Waals surface area contributed by atoms with Gasteiger partial charge < -0.3 is 10.6 Å². The number of nitrogens with zero attached hydrogens (tertiary/aromatic N) is 5. The molecule has 80 valence electrons. The molecule has 0 aliphatic heterocycles. The van der Waals surface area contributed by atoms with E-state index in [9.17, 15) is 0 Å². The normalized spacial score (nSPS) is 10.5. The Bertz CT molecular complexity index is 445. The molecule has 0 aromatic carbocycles. The fourth-order valence-electron chi connectivity index (χ4n) is 1.11. The average molecular weight is 224 g/mol. The number of hydrogen-bond acceptors (Lipinski definition) is 6. The highest BCUT2D eigenvalue weighted by molar-refractivity contribution is 7.13. The van der Waals surface area contributed by atoms with Gasteiger partial charge in [-0.1, -0.05) is 0 Å². The Hall–Kier alpha value is -1.63. The summed E-state index contributed by atoms with van der Waals surface area (Å²) in [6.07, 6.45) is 1.53. The van der Waals surface area contributed by atoms with Crippen LogP contribution in [0.1, 0.15) is 5.69 Å². The molecular formula is C8H12N6S. The summed E-state index contributed by atoms with van der Waals surface area (Å²) >= 11 is 1.60. The van der Waals surface area contributed by atoms with Gasteiger partial charge >= 0.3 is 0 Å². The van der Waals surface area contributed by atoms with Gasteiger partial charge in [0.05, 0.1) is 11.9 Å². The van der Waals surface area contributed by atoms with Gasteiger partial charge in [-0.2, -0.15) is 9.90 Å². The Morgan fingerprint density at radius 1 is 1.53 bits per heavy atom. The third-order valence-electron chi connectivity index (χ3n) is 1.78. The molecule has 6 nitrogen and oxygen atoms in total. The predicted octanol–water partition coefficient (Wildman–Crippen LogP) is 0.431. The van der Waals surface area contributed by atoms with E-state index in [4.69, 9.17) is 5.73 Å². The minimum Gasteiger partial charge on any atom is -0.381 e. The summed E-state index contributed by atoms with van der Waals surface area (Å²) in [6.45, 7) is 0.557. The lowest BCUT2D eigenvalue weighted by atomic mass is 10.5. The molecule has 0 unspecified atom stereocenters. The topological polar surface area (TPSA) is 72.9 Å². The lowest BCUT2D eigenvalue weighted by Crippen LogP contribution is -2.09. The van der Waals surface area contributed by atoms with Crippen LogP contribution in [-0.4, -0.2) is 34.1 Å². The van der Waals surface area contributed by atoms with E-state index in [2.05, 4.69) is 15.2 Å². The van der Waals surface area contributed by atoms with E-state index >= 15 is 0 Å². The van der Waals surface area contributed by atoms with Crippen molar-refractivity contribution in [1.82, 2.24) is 20.0 Å². The van der Waals surface area contributed by atoms with Crippen LogP contribution in [0.2, 0.25) is 0 Å². The van der Waals surface area contributed by atoms with Crippen molar-refractivity contribution in [3.05, 3.63) is 17.3 Å². The number of thiazole rings is 1. The van der Waals surface area contributed by atoms with E-state index in [1.165, 1.54) is 11.0 Å². The van der Waals surface area contributed by atoms with Gasteiger partial charge in [0.25, 0.3) is 0 Å². The van der Waals surface area contributed by atoms with Crippen LogP contribution in [-0.2, 0) is 6.54 Å². The van der Waals surface area contributed by atoms with Crippen molar-refractivity contribution in [2.75, 3.05) is 24.7 Å². The quantitative estimate of drug-likeness (QED) is 0.818. The minimum atomic E-state index is 0.429. The number of nitrogens with two attached hydrogens (primary N) is 1. The van der Waals surface area contributed by atoms with E-state index in [1.54, 1.807) is 11.3 Å². The number of nitrogen functional groups attached to an aromatic ring is 1. The van der Waals surface area contributed by atoms with Gasteiger partial charge in [0.1, 0.15) is 6.54 Å². The van der Waals surface area contributed by atoms with Crippen LogP contribution in [0.25, 0.3) is 0 Å². The standard InChI is InChI=1S/C8H12N6S/c1-13(2)8-11-6(5-15-8)4-14-10-3-7(9)12-14/h3,5H,4H2,1-2H3,(H2,9,12). The van der Waals surface area contributed by atoms with Crippen LogP contribution in [0, 0.1) is 0 Å². The van der Waals surface area contributed by atoms with Crippen molar-refractivity contribution in [2.24, 2.45) is 0 Å². The van der Waals surface area contributed by atoms with E-state index in [0.29, 0.717) is 12.4 Å². The Morgan fingerprint density at radius 3 is 2.87 bits per heavy atom. The number of anilines is 2. The fourth-order valence-corrected chi connectivity index (χ4v) is 1.86. The third kappa shape index (κ3) is 2.24. The second-order valence-electron chi connectivity index (χ2n) is 3.32. The zero-order chi connectivity index (χ0) is 10.8. The van der Waals surface area contributed by atoms with Crippen molar-refractivity contribution >= 4 is 22.3 Å². The zero-order valence-electron chi connectivity index (χ0n) is 8.58. The molecular weight excluding hydrogens is 212 g/mol. The van der Waals surface area contributed by atoms with Gasteiger partial charge in [-0.15, -0.1) is 16.4 Å². The summed E-state index contributed by atoms with van der Waals surface area (Å²) in [6, 6.07) is 0. The first-order valence-corrected chi connectivity index (χ1v) is 5.30. The molecule has 0 bridgehead atoms. The van der Waals surface area contributed by atoms with Crippen molar-refractivity contribution in [1.29, 1.82) is 0 Å². The van der Waals surface area contributed by atoms with Crippen LogP contribution >= 0.6 is 11.3 Å². The predicted molar refractivity (Wildman–Crippen MR) is 60.0 cm³/mol. The van der Waals surface area contributed by atoms with Crippen molar-refractivity contribution < 1.29 is 0 Å². The SMILES string of the molecule is CN(C)c1nc(Cn2ncc(N)n2)cs1. The average Bonchev–Trinajstić information content (AvgIpc) is 2.76. The number of hydrogen-bond donors (Lipinski definition) is 1.